The molecule has 0 fully saturated rings. The topological polar surface area (TPSA) is 63.5 Å². The van der Waals surface area contributed by atoms with E-state index in [0.717, 1.165) is 16.3 Å². The van der Waals surface area contributed by atoms with Crippen molar-refractivity contribution >= 4 is 39.6 Å². The number of carbonyl (C=O) groups excluding carboxylic acids is 1. The molecule has 0 amide bonds. The summed E-state index contributed by atoms with van der Waals surface area (Å²) in [6.07, 6.45) is 1.61. The molecule has 0 aliphatic rings. The van der Waals surface area contributed by atoms with Crippen LogP contribution < -0.4 is 10.6 Å². The highest BCUT2D eigenvalue weighted by Crippen LogP contribution is 2.27. The lowest BCUT2D eigenvalue weighted by Crippen LogP contribution is -2.27. The number of rotatable bonds is 4. The Morgan fingerprint density at radius 3 is 3.00 bits per heavy atom. The van der Waals surface area contributed by atoms with Gasteiger partial charge in [-0.1, -0.05) is 0 Å². The van der Waals surface area contributed by atoms with E-state index in [1.165, 1.54) is 18.4 Å². The van der Waals surface area contributed by atoms with Crippen molar-refractivity contribution in [3.63, 3.8) is 0 Å². The number of hydrogen-bond donors (Lipinski definition) is 2. The first kappa shape index (κ1) is 14.5. The lowest BCUT2D eigenvalue weighted by atomic mass is 10.3. The Balaban J connectivity index is 1.92. The van der Waals surface area contributed by atoms with Crippen molar-refractivity contribution in [2.75, 3.05) is 12.4 Å². The highest BCUT2D eigenvalue weighted by Gasteiger charge is 2.14. The number of thiocarbonyl (C=S) groups is 1. The monoisotopic (exact) mass is 310 g/mol. The van der Waals surface area contributed by atoms with Gasteiger partial charge >= 0.3 is 5.97 Å². The van der Waals surface area contributed by atoms with Gasteiger partial charge in [0.1, 0.15) is 10.6 Å². The van der Waals surface area contributed by atoms with Gasteiger partial charge in [0.2, 0.25) is 0 Å². The molecule has 0 aliphatic heterocycles. The quantitative estimate of drug-likeness (QED) is 0.669. The van der Waals surface area contributed by atoms with E-state index >= 15 is 0 Å². The minimum absolute atomic E-state index is 0.338. The van der Waals surface area contributed by atoms with Crippen LogP contribution >= 0.6 is 23.6 Å². The van der Waals surface area contributed by atoms with Gasteiger partial charge in [0.25, 0.3) is 0 Å². The van der Waals surface area contributed by atoms with Crippen LogP contribution in [-0.2, 0) is 11.3 Å². The van der Waals surface area contributed by atoms with Crippen molar-refractivity contribution in [3.8, 4) is 0 Å². The number of carbonyl (C=O) groups is 1. The van der Waals surface area contributed by atoms with E-state index in [9.17, 15) is 4.79 Å². The highest BCUT2D eigenvalue weighted by molar-refractivity contribution is 7.80. The molecular formula is C13H14N2O3S2. The fourth-order valence-electron chi connectivity index (χ4n) is 1.58. The van der Waals surface area contributed by atoms with Crippen molar-refractivity contribution in [1.29, 1.82) is 0 Å². The van der Waals surface area contributed by atoms with E-state index in [0.29, 0.717) is 16.5 Å². The number of hydrogen-bond acceptors (Lipinski definition) is 5. The van der Waals surface area contributed by atoms with Crippen LogP contribution in [0.2, 0.25) is 0 Å². The summed E-state index contributed by atoms with van der Waals surface area (Å²) >= 11 is 6.49. The maximum atomic E-state index is 11.5. The Kier molecular flexibility index (Phi) is 4.75. The first-order valence-electron chi connectivity index (χ1n) is 5.86. The Hall–Kier alpha value is -1.86. The molecule has 2 aromatic rings. The number of methoxy groups -OCH3 is 1. The second-order valence-electron chi connectivity index (χ2n) is 4.00. The smallest absolute Gasteiger partial charge is 0.348 e. The first-order chi connectivity index (χ1) is 9.60. The molecule has 2 N–H and O–H groups in total. The summed E-state index contributed by atoms with van der Waals surface area (Å²) in [5.74, 6) is 0.460. The molecule has 0 saturated carbocycles. The summed E-state index contributed by atoms with van der Waals surface area (Å²) in [7, 11) is 1.37. The van der Waals surface area contributed by atoms with Crippen LogP contribution in [0.4, 0.5) is 5.00 Å². The molecule has 20 heavy (non-hydrogen) atoms. The summed E-state index contributed by atoms with van der Waals surface area (Å²) in [5, 5.41) is 7.32. The third-order valence-corrected chi connectivity index (χ3v) is 3.91. The minimum Gasteiger partial charge on any atom is -0.467 e. The van der Waals surface area contributed by atoms with Crippen molar-refractivity contribution in [2.24, 2.45) is 0 Å². The number of furan rings is 1. The number of ether oxygens (including phenoxy) is 1. The van der Waals surface area contributed by atoms with Crippen molar-refractivity contribution in [2.45, 2.75) is 13.5 Å². The summed E-state index contributed by atoms with van der Waals surface area (Å²) in [6.45, 7) is 2.36. The van der Waals surface area contributed by atoms with Gasteiger partial charge in [-0.25, -0.2) is 4.79 Å². The molecule has 0 saturated heterocycles. The molecule has 7 heteroatoms. The molecule has 2 heterocycles. The Morgan fingerprint density at radius 1 is 1.55 bits per heavy atom. The Labute approximate surface area is 125 Å². The zero-order valence-electron chi connectivity index (χ0n) is 11.1. The highest BCUT2D eigenvalue weighted by atomic mass is 32.1. The van der Waals surface area contributed by atoms with Crippen LogP contribution in [-0.4, -0.2) is 18.2 Å². The first-order valence-corrected chi connectivity index (χ1v) is 7.08. The van der Waals surface area contributed by atoms with Gasteiger partial charge in [0, 0.05) is 0 Å². The molecule has 106 valence electrons. The molecule has 0 atom stereocenters. The van der Waals surface area contributed by atoms with Gasteiger partial charge in [-0.05, 0) is 42.9 Å². The largest absolute Gasteiger partial charge is 0.467 e. The molecule has 0 aromatic carbocycles. The fraction of sp³-hybridized carbons (Fsp3) is 0.231. The predicted molar refractivity (Wildman–Crippen MR) is 82.2 cm³/mol. The molecule has 0 unspecified atom stereocenters. The number of esters is 1. The normalized spacial score (nSPS) is 10.1. The lowest BCUT2D eigenvalue weighted by molar-refractivity contribution is 0.0605. The summed E-state index contributed by atoms with van der Waals surface area (Å²) in [6, 6.07) is 5.54. The average molecular weight is 310 g/mol. The van der Waals surface area contributed by atoms with E-state index in [4.69, 9.17) is 21.4 Å². The van der Waals surface area contributed by atoms with Crippen molar-refractivity contribution in [1.82, 2.24) is 5.32 Å². The number of anilines is 1. The number of nitrogens with one attached hydrogen (secondary N) is 2. The molecule has 0 bridgehead atoms. The van der Waals surface area contributed by atoms with Gasteiger partial charge in [-0.2, -0.15) is 0 Å². The molecule has 2 rings (SSSR count). The van der Waals surface area contributed by atoms with Crippen LogP contribution in [0.1, 0.15) is 21.0 Å². The van der Waals surface area contributed by atoms with E-state index in [-0.39, 0.29) is 5.97 Å². The summed E-state index contributed by atoms with van der Waals surface area (Å²) < 4.78 is 9.91. The van der Waals surface area contributed by atoms with E-state index in [1.54, 1.807) is 6.26 Å². The van der Waals surface area contributed by atoms with Gasteiger partial charge < -0.3 is 19.8 Å². The Bertz CT molecular complexity index is 605. The zero-order valence-corrected chi connectivity index (χ0v) is 12.7. The summed E-state index contributed by atoms with van der Waals surface area (Å²) in [4.78, 5) is 12.1. The van der Waals surface area contributed by atoms with Crippen molar-refractivity contribution < 1.29 is 13.9 Å². The SMILES string of the molecule is COC(=O)c1sc(NC(=S)NCc2ccco2)cc1C. The second-order valence-corrected chi connectivity index (χ2v) is 5.46. The van der Waals surface area contributed by atoms with Crippen LogP contribution in [0.3, 0.4) is 0 Å². The maximum absolute atomic E-state index is 11.5. The van der Waals surface area contributed by atoms with Crippen LogP contribution in [0.5, 0.6) is 0 Å². The van der Waals surface area contributed by atoms with Crippen LogP contribution in [0, 0.1) is 6.92 Å². The van der Waals surface area contributed by atoms with E-state index < -0.39 is 0 Å². The maximum Gasteiger partial charge on any atom is 0.348 e. The number of aryl methyl sites for hydroxylation is 1. The average Bonchev–Trinajstić information content (AvgIpc) is 3.05. The second kappa shape index (κ2) is 6.53. The third-order valence-electron chi connectivity index (χ3n) is 2.53. The summed E-state index contributed by atoms with van der Waals surface area (Å²) in [5.41, 5.74) is 0.859. The van der Waals surface area contributed by atoms with Crippen molar-refractivity contribution in [3.05, 3.63) is 40.7 Å². The van der Waals surface area contributed by atoms with Gasteiger partial charge in [-0.3, -0.25) is 0 Å². The molecule has 0 aliphatic carbocycles. The van der Waals surface area contributed by atoms with Crippen LogP contribution in [0.25, 0.3) is 0 Å². The standard InChI is InChI=1S/C13H14N2O3S2/c1-8-6-10(20-11(8)12(16)17-2)15-13(19)14-7-9-4-3-5-18-9/h3-6H,7H2,1-2H3,(H2,14,15,19). The molecular weight excluding hydrogens is 296 g/mol. The van der Waals surface area contributed by atoms with Gasteiger partial charge in [0.15, 0.2) is 5.11 Å². The molecule has 2 aromatic heterocycles. The molecule has 5 nitrogen and oxygen atoms in total. The van der Waals surface area contributed by atoms with Crippen LogP contribution in [0.15, 0.2) is 28.9 Å². The zero-order chi connectivity index (χ0) is 14.5. The minimum atomic E-state index is -0.338. The van der Waals surface area contributed by atoms with E-state index in [2.05, 4.69) is 10.6 Å². The lowest BCUT2D eigenvalue weighted by Gasteiger charge is -2.07. The Morgan fingerprint density at radius 2 is 2.35 bits per heavy atom. The fourth-order valence-corrected chi connectivity index (χ4v) is 2.82. The molecule has 0 spiro atoms. The third kappa shape index (κ3) is 3.58. The number of thiophene rings is 1. The molecule has 0 radical (unpaired) electrons. The van der Waals surface area contributed by atoms with Gasteiger partial charge in [0.05, 0.1) is 24.9 Å². The van der Waals surface area contributed by atoms with Gasteiger partial charge in [-0.15, -0.1) is 11.3 Å². The predicted octanol–water partition coefficient (Wildman–Crippen LogP) is 2.92. The van der Waals surface area contributed by atoms with E-state index in [1.807, 2.05) is 25.1 Å².